The summed E-state index contributed by atoms with van der Waals surface area (Å²) in [6.45, 7) is 4.89. The number of rotatable bonds is 3. The molecule has 140 valence electrons. The van der Waals surface area contributed by atoms with Crippen molar-refractivity contribution in [3.05, 3.63) is 20.8 Å². The van der Waals surface area contributed by atoms with Gasteiger partial charge in [0.05, 0.1) is 5.39 Å². The average molecular weight is 375 g/mol. The van der Waals surface area contributed by atoms with Gasteiger partial charge in [-0.25, -0.2) is 4.98 Å². The molecule has 1 aliphatic heterocycles. The molecule has 0 atom stereocenters. The fourth-order valence-corrected chi connectivity index (χ4v) is 5.33. The summed E-state index contributed by atoms with van der Waals surface area (Å²) in [6, 6.07) is 0. The normalized spacial score (nSPS) is 17.6. The third-order valence-electron chi connectivity index (χ3n) is 5.55. The predicted octanol–water partition coefficient (Wildman–Crippen LogP) is 2.32. The van der Waals surface area contributed by atoms with Gasteiger partial charge in [0.1, 0.15) is 4.83 Å². The summed E-state index contributed by atoms with van der Waals surface area (Å²) < 4.78 is 1.70. The average Bonchev–Trinajstić information content (AvgIpc) is 3.03. The maximum absolute atomic E-state index is 13.0. The number of hydrogen-bond donors (Lipinski definition) is 0. The number of hydrogen-bond acceptors (Lipinski definition) is 5. The zero-order chi connectivity index (χ0) is 18.3. The quantitative estimate of drug-likeness (QED) is 0.827. The van der Waals surface area contributed by atoms with Crippen LogP contribution >= 0.6 is 11.3 Å². The molecule has 6 nitrogen and oxygen atoms in total. The number of aromatic nitrogens is 2. The largest absolute Gasteiger partial charge is 0.339 e. The highest BCUT2D eigenvalue weighted by molar-refractivity contribution is 7.18. The van der Waals surface area contributed by atoms with Crippen LogP contribution in [0.2, 0.25) is 0 Å². The summed E-state index contributed by atoms with van der Waals surface area (Å²) in [5.74, 6) is 0.971. The van der Waals surface area contributed by atoms with Gasteiger partial charge in [-0.15, -0.1) is 11.3 Å². The van der Waals surface area contributed by atoms with Crippen LogP contribution in [0.4, 0.5) is 5.95 Å². The Morgan fingerprint density at radius 2 is 1.88 bits per heavy atom. The van der Waals surface area contributed by atoms with Crippen molar-refractivity contribution in [1.82, 2.24) is 14.5 Å². The summed E-state index contributed by atoms with van der Waals surface area (Å²) in [4.78, 5) is 36.3. The van der Waals surface area contributed by atoms with Gasteiger partial charge in [-0.2, -0.15) is 0 Å². The highest BCUT2D eigenvalue weighted by atomic mass is 32.1. The maximum Gasteiger partial charge on any atom is 0.263 e. The minimum Gasteiger partial charge on any atom is -0.339 e. The Hall–Kier alpha value is -1.89. The molecule has 0 aromatic carbocycles. The predicted molar refractivity (Wildman–Crippen MR) is 105 cm³/mol. The molecule has 1 fully saturated rings. The van der Waals surface area contributed by atoms with Crippen LogP contribution in [0.15, 0.2) is 4.79 Å². The van der Waals surface area contributed by atoms with Crippen LogP contribution in [0.1, 0.15) is 43.0 Å². The van der Waals surface area contributed by atoms with Crippen molar-refractivity contribution < 1.29 is 4.79 Å². The van der Waals surface area contributed by atoms with Gasteiger partial charge in [-0.05, 0) is 37.7 Å². The SMILES string of the molecule is CCCC(=O)N1CCN(c2nc3sc4c(c3c(=O)n2C)CCCC4)CC1. The van der Waals surface area contributed by atoms with Gasteiger partial charge in [0.15, 0.2) is 0 Å². The Kier molecular flexibility index (Phi) is 4.73. The molecule has 1 aliphatic carbocycles. The monoisotopic (exact) mass is 374 g/mol. The standard InChI is InChI=1S/C19H26N4O2S/c1-3-6-15(24)22-9-11-23(12-10-22)19-20-17-16(18(25)21(19)2)13-7-4-5-8-14(13)26-17/h3-12H2,1-2H3. The van der Waals surface area contributed by atoms with Gasteiger partial charge in [0.25, 0.3) is 5.56 Å². The molecule has 0 N–H and O–H groups in total. The Morgan fingerprint density at radius 1 is 1.15 bits per heavy atom. The first-order valence-electron chi connectivity index (χ1n) is 9.64. The fraction of sp³-hybridized carbons (Fsp3) is 0.632. The zero-order valence-corrected chi connectivity index (χ0v) is 16.4. The molecule has 0 saturated carbocycles. The molecule has 2 aromatic rings. The van der Waals surface area contributed by atoms with Crippen LogP contribution in [-0.2, 0) is 24.7 Å². The third-order valence-corrected chi connectivity index (χ3v) is 6.74. The van der Waals surface area contributed by atoms with Crippen molar-refractivity contribution in [2.45, 2.75) is 45.4 Å². The summed E-state index contributed by atoms with van der Waals surface area (Å²) in [5.41, 5.74) is 1.32. The molecule has 2 aliphatic rings. The van der Waals surface area contributed by atoms with E-state index in [0.29, 0.717) is 19.5 Å². The van der Waals surface area contributed by atoms with Crippen LogP contribution in [-0.4, -0.2) is 46.5 Å². The molecule has 1 amide bonds. The lowest BCUT2D eigenvalue weighted by Gasteiger charge is -2.35. The number of aryl methyl sites for hydroxylation is 2. The van der Waals surface area contributed by atoms with E-state index in [4.69, 9.17) is 4.98 Å². The van der Waals surface area contributed by atoms with E-state index in [9.17, 15) is 9.59 Å². The van der Waals surface area contributed by atoms with Crippen molar-refractivity contribution >= 4 is 33.4 Å². The van der Waals surface area contributed by atoms with Crippen molar-refractivity contribution in [1.29, 1.82) is 0 Å². The molecule has 2 aromatic heterocycles. The number of anilines is 1. The lowest BCUT2D eigenvalue weighted by atomic mass is 9.97. The van der Waals surface area contributed by atoms with E-state index in [-0.39, 0.29) is 11.5 Å². The summed E-state index contributed by atoms with van der Waals surface area (Å²) in [5, 5.41) is 0.840. The van der Waals surface area contributed by atoms with E-state index in [2.05, 4.69) is 4.90 Å². The maximum atomic E-state index is 13.0. The van der Waals surface area contributed by atoms with Crippen LogP contribution in [0, 0.1) is 0 Å². The Labute approximate surface area is 157 Å². The number of thiophene rings is 1. The topological polar surface area (TPSA) is 58.4 Å². The summed E-state index contributed by atoms with van der Waals surface area (Å²) in [7, 11) is 1.83. The van der Waals surface area contributed by atoms with Gasteiger partial charge in [0.2, 0.25) is 11.9 Å². The zero-order valence-electron chi connectivity index (χ0n) is 15.6. The molecule has 26 heavy (non-hydrogen) atoms. The first-order chi connectivity index (χ1) is 12.6. The number of fused-ring (bicyclic) bond motifs is 3. The van der Waals surface area contributed by atoms with Crippen LogP contribution in [0.25, 0.3) is 10.2 Å². The van der Waals surface area contributed by atoms with Crippen molar-refractivity contribution in [2.75, 3.05) is 31.1 Å². The second kappa shape index (κ2) is 7.02. The molecule has 1 saturated heterocycles. The summed E-state index contributed by atoms with van der Waals surface area (Å²) in [6.07, 6.45) is 5.95. The van der Waals surface area contributed by atoms with E-state index < -0.39 is 0 Å². The van der Waals surface area contributed by atoms with Crippen LogP contribution in [0.5, 0.6) is 0 Å². The first kappa shape index (κ1) is 17.5. The second-order valence-corrected chi connectivity index (χ2v) is 8.37. The molecular formula is C19H26N4O2S. The van der Waals surface area contributed by atoms with E-state index in [1.807, 2.05) is 18.9 Å². The Morgan fingerprint density at radius 3 is 2.62 bits per heavy atom. The lowest BCUT2D eigenvalue weighted by molar-refractivity contribution is -0.131. The minimum absolute atomic E-state index is 0.0777. The highest BCUT2D eigenvalue weighted by Crippen LogP contribution is 2.34. The number of carbonyl (C=O) groups excluding carboxylic acids is 1. The molecule has 3 heterocycles. The smallest absolute Gasteiger partial charge is 0.263 e. The molecule has 4 rings (SSSR count). The van der Waals surface area contributed by atoms with Crippen LogP contribution in [0.3, 0.4) is 0 Å². The van der Waals surface area contributed by atoms with Gasteiger partial charge in [-0.3, -0.25) is 14.2 Å². The van der Waals surface area contributed by atoms with Crippen LogP contribution < -0.4 is 10.5 Å². The highest BCUT2D eigenvalue weighted by Gasteiger charge is 2.26. The van der Waals surface area contributed by atoms with Gasteiger partial charge >= 0.3 is 0 Å². The van der Waals surface area contributed by atoms with Crippen molar-refractivity contribution in [2.24, 2.45) is 7.05 Å². The van der Waals surface area contributed by atoms with E-state index >= 15 is 0 Å². The van der Waals surface area contributed by atoms with E-state index in [0.717, 1.165) is 54.9 Å². The molecule has 0 radical (unpaired) electrons. The second-order valence-electron chi connectivity index (χ2n) is 7.28. The lowest BCUT2D eigenvalue weighted by Crippen LogP contribution is -2.50. The molecule has 0 bridgehead atoms. The summed E-state index contributed by atoms with van der Waals surface area (Å²) >= 11 is 1.70. The number of piperazine rings is 1. The molecule has 7 heteroatoms. The Bertz CT molecular complexity index is 893. The molecular weight excluding hydrogens is 348 g/mol. The van der Waals surface area contributed by atoms with Gasteiger partial charge in [0, 0.05) is 44.5 Å². The van der Waals surface area contributed by atoms with Crippen molar-refractivity contribution in [3.63, 3.8) is 0 Å². The minimum atomic E-state index is 0.0777. The number of carbonyl (C=O) groups is 1. The van der Waals surface area contributed by atoms with E-state index in [1.54, 1.807) is 15.9 Å². The molecule has 0 unspecified atom stereocenters. The third kappa shape index (κ3) is 2.92. The fourth-order valence-electron chi connectivity index (χ4n) is 4.09. The Balaban J connectivity index is 1.63. The first-order valence-corrected chi connectivity index (χ1v) is 10.5. The van der Waals surface area contributed by atoms with Gasteiger partial charge < -0.3 is 9.80 Å². The molecule has 0 spiro atoms. The van der Waals surface area contributed by atoms with Crippen molar-refractivity contribution in [3.8, 4) is 0 Å². The number of nitrogens with zero attached hydrogens (tertiary/aromatic N) is 4. The van der Waals surface area contributed by atoms with E-state index in [1.165, 1.54) is 16.9 Å². The van der Waals surface area contributed by atoms with Gasteiger partial charge in [-0.1, -0.05) is 6.92 Å². The number of amides is 1.